The largest absolute Gasteiger partial charge is 0.490 e. The van der Waals surface area contributed by atoms with Gasteiger partial charge in [-0.25, -0.2) is 0 Å². The Balaban J connectivity index is 1.86. The molecule has 1 heterocycles. The summed E-state index contributed by atoms with van der Waals surface area (Å²) in [6, 6.07) is 17.4. The number of morpholine rings is 1. The lowest BCUT2D eigenvalue weighted by Gasteiger charge is -2.31. The first-order valence-corrected chi connectivity index (χ1v) is 8.09. The Kier molecular flexibility index (Phi) is 5.33. The summed E-state index contributed by atoms with van der Waals surface area (Å²) in [6.45, 7) is 2.96. The van der Waals surface area contributed by atoms with E-state index in [-0.39, 0.29) is 24.7 Å². The number of carbonyl (C=O) groups excluding carboxylic acids is 1. The van der Waals surface area contributed by atoms with Gasteiger partial charge in [0, 0.05) is 6.54 Å². The van der Waals surface area contributed by atoms with Crippen molar-refractivity contribution in [1.29, 1.82) is 0 Å². The van der Waals surface area contributed by atoms with Gasteiger partial charge in [-0.15, -0.1) is 0 Å². The maximum absolute atomic E-state index is 11.4. The lowest BCUT2D eigenvalue weighted by molar-refractivity contribution is -0.137. The third-order valence-electron chi connectivity index (χ3n) is 3.80. The second-order valence-electron chi connectivity index (χ2n) is 5.48. The Hall–Kier alpha value is -2.53. The highest BCUT2D eigenvalue weighted by molar-refractivity contribution is 5.77. The molecule has 3 rings (SSSR count). The van der Waals surface area contributed by atoms with Gasteiger partial charge in [0.2, 0.25) is 5.91 Å². The molecule has 5 nitrogen and oxygen atoms in total. The summed E-state index contributed by atoms with van der Waals surface area (Å²) in [5.74, 6) is 1.25. The second kappa shape index (κ2) is 7.84. The highest BCUT2D eigenvalue weighted by Gasteiger charge is 2.30. The first kappa shape index (κ1) is 16.3. The Morgan fingerprint density at radius 2 is 1.83 bits per heavy atom. The number of hydrogen-bond donors (Lipinski definition) is 1. The molecule has 1 N–H and O–H groups in total. The van der Waals surface area contributed by atoms with Crippen LogP contribution in [0.25, 0.3) is 0 Å². The van der Waals surface area contributed by atoms with Crippen LogP contribution in [0.15, 0.2) is 54.6 Å². The molecule has 0 aliphatic carbocycles. The van der Waals surface area contributed by atoms with Crippen LogP contribution in [0, 0.1) is 0 Å². The number of benzene rings is 2. The average Bonchev–Trinajstić information content (AvgIpc) is 2.63. The van der Waals surface area contributed by atoms with Crippen LogP contribution in [0.5, 0.6) is 11.5 Å². The molecule has 5 heteroatoms. The van der Waals surface area contributed by atoms with E-state index in [2.05, 4.69) is 5.32 Å². The van der Waals surface area contributed by atoms with Gasteiger partial charge in [0.1, 0.15) is 12.7 Å². The van der Waals surface area contributed by atoms with E-state index in [1.807, 2.05) is 61.5 Å². The fraction of sp³-hybridized carbons (Fsp3) is 0.316. The first-order chi connectivity index (χ1) is 11.8. The van der Waals surface area contributed by atoms with Crippen molar-refractivity contribution in [1.82, 2.24) is 5.32 Å². The summed E-state index contributed by atoms with van der Waals surface area (Å²) >= 11 is 0. The van der Waals surface area contributed by atoms with Gasteiger partial charge in [-0.2, -0.15) is 0 Å². The first-order valence-electron chi connectivity index (χ1n) is 8.09. The van der Waals surface area contributed by atoms with Crippen molar-refractivity contribution in [3.05, 3.63) is 60.2 Å². The van der Waals surface area contributed by atoms with E-state index in [0.29, 0.717) is 24.7 Å². The molecule has 1 amide bonds. The number of amides is 1. The van der Waals surface area contributed by atoms with Gasteiger partial charge < -0.3 is 19.5 Å². The minimum atomic E-state index is -0.339. The minimum Gasteiger partial charge on any atom is -0.490 e. The van der Waals surface area contributed by atoms with E-state index in [1.54, 1.807) is 0 Å². The molecule has 0 bridgehead atoms. The van der Waals surface area contributed by atoms with Crippen molar-refractivity contribution in [3.8, 4) is 11.5 Å². The average molecular weight is 327 g/mol. The van der Waals surface area contributed by atoms with Crippen LogP contribution in [-0.4, -0.2) is 31.8 Å². The summed E-state index contributed by atoms with van der Waals surface area (Å²) in [6.07, 6.45) is -0.604. The third-order valence-corrected chi connectivity index (χ3v) is 3.80. The molecule has 0 spiro atoms. The Labute approximate surface area is 141 Å². The summed E-state index contributed by atoms with van der Waals surface area (Å²) in [5.41, 5.74) is 0.991. The van der Waals surface area contributed by atoms with E-state index in [1.165, 1.54) is 0 Å². The van der Waals surface area contributed by atoms with Crippen LogP contribution in [0.3, 0.4) is 0 Å². The van der Waals surface area contributed by atoms with Gasteiger partial charge in [0.15, 0.2) is 17.6 Å². The number of para-hydroxylation sites is 2. The summed E-state index contributed by atoms with van der Waals surface area (Å²) < 4.78 is 17.6. The molecule has 1 saturated heterocycles. The SMILES string of the molecule is CCOc1ccccc1O[C@@H](c1ccccc1)[C@H]1CNC(=O)CO1. The smallest absolute Gasteiger partial charge is 0.246 e. The predicted octanol–water partition coefficient (Wildman–Crippen LogP) is 2.72. The summed E-state index contributed by atoms with van der Waals surface area (Å²) in [7, 11) is 0. The molecular weight excluding hydrogens is 306 g/mol. The Bertz CT molecular complexity index is 664. The topological polar surface area (TPSA) is 56.8 Å². The molecule has 0 unspecified atom stereocenters. The molecule has 24 heavy (non-hydrogen) atoms. The number of ether oxygens (including phenoxy) is 3. The van der Waals surface area contributed by atoms with Crippen LogP contribution in [-0.2, 0) is 9.53 Å². The van der Waals surface area contributed by atoms with Crippen LogP contribution in [0.1, 0.15) is 18.6 Å². The number of hydrogen-bond acceptors (Lipinski definition) is 4. The molecule has 2 aromatic rings. The highest BCUT2D eigenvalue weighted by atomic mass is 16.6. The van der Waals surface area contributed by atoms with Gasteiger partial charge >= 0.3 is 0 Å². The van der Waals surface area contributed by atoms with Gasteiger partial charge in [0.25, 0.3) is 0 Å². The zero-order chi connectivity index (χ0) is 16.8. The maximum atomic E-state index is 11.4. The predicted molar refractivity (Wildman–Crippen MR) is 90.2 cm³/mol. The normalized spacial score (nSPS) is 18.5. The zero-order valence-corrected chi connectivity index (χ0v) is 13.6. The molecule has 1 aliphatic heterocycles. The molecule has 1 fully saturated rings. The molecule has 0 radical (unpaired) electrons. The minimum absolute atomic E-state index is 0.0461. The molecule has 1 aliphatic rings. The summed E-state index contributed by atoms with van der Waals surface area (Å²) in [4.78, 5) is 11.4. The Morgan fingerprint density at radius 3 is 2.50 bits per heavy atom. The summed E-state index contributed by atoms with van der Waals surface area (Å²) in [5, 5.41) is 2.83. The van der Waals surface area contributed by atoms with Crippen LogP contribution < -0.4 is 14.8 Å². The number of rotatable bonds is 6. The van der Waals surface area contributed by atoms with Gasteiger partial charge in [0.05, 0.1) is 6.61 Å². The fourth-order valence-corrected chi connectivity index (χ4v) is 2.66. The Morgan fingerprint density at radius 1 is 1.12 bits per heavy atom. The quantitative estimate of drug-likeness (QED) is 0.886. The van der Waals surface area contributed by atoms with Crippen molar-refractivity contribution in [2.24, 2.45) is 0 Å². The number of carbonyl (C=O) groups is 1. The van der Waals surface area contributed by atoms with Gasteiger partial charge in [-0.05, 0) is 24.6 Å². The van der Waals surface area contributed by atoms with Gasteiger partial charge in [-0.3, -0.25) is 4.79 Å². The molecule has 0 aromatic heterocycles. The van der Waals surface area contributed by atoms with E-state index in [9.17, 15) is 4.79 Å². The van der Waals surface area contributed by atoms with Crippen LogP contribution in [0.2, 0.25) is 0 Å². The van der Waals surface area contributed by atoms with Crippen molar-refractivity contribution in [2.75, 3.05) is 19.8 Å². The molecule has 126 valence electrons. The maximum Gasteiger partial charge on any atom is 0.246 e. The van der Waals surface area contributed by atoms with Crippen molar-refractivity contribution < 1.29 is 19.0 Å². The van der Waals surface area contributed by atoms with E-state index in [4.69, 9.17) is 14.2 Å². The second-order valence-corrected chi connectivity index (χ2v) is 5.48. The standard InChI is InChI=1S/C19H21NO4/c1-2-22-15-10-6-7-11-16(15)24-19(14-8-4-3-5-9-14)17-12-20-18(21)13-23-17/h3-11,17,19H,2,12-13H2,1H3,(H,20,21)/t17-,19+/m1/s1. The van der Waals surface area contributed by atoms with Crippen molar-refractivity contribution in [2.45, 2.75) is 19.1 Å². The lowest BCUT2D eigenvalue weighted by atomic mass is 10.0. The van der Waals surface area contributed by atoms with Crippen molar-refractivity contribution in [3.63, 3.8) is 0 Å². The highest BCUT2D eigenvalue weighted by Crippen LogP contribution is 2.33. The molecule has 2 atom stereocenters. The van der Waals surface area contributed by atoms with Crippen LogP contribution in [0.4, 0.5) is 0 Å². The molecular formula is C19H21NO4. The van der Waals surface area contributed by atoms with Gasteiger partial charge in [-0.1, -0.05) is 42.5 Å². The lowest BCUT2D eigenvalue weighted by Crippen LogP contribution is -2.46. The van der Waals surface area contributed by atoms with Crippen LogP contribution >= 0.6 is 0 Å². The fourth-order valence-electron chi connectivity index (χ4n) is 2.66. The van der Waals surface area contributed by atoms with E-state index < -0.39 is 0 Å². The third kappa shape index (κ3) is 3.86. The van der Waals surface area contributed by atoms with Crippen molar-refractivity contribution >= 4 is 5.91 Å². The molecule has 0 saturated carbocycles. The monoisotopic (exact) mass is 327 g/mol. The van der Waals surface area contributed by atoms with E-state index in [0.717, 1.165) is 5.56 Å². The molecule has 2 aromatic carbocycles. The zero-order valence-electron chi connectivity index (χ0n) is 13.6. The van der Waals surface area contributed by atoms with E-state index >= 15 is 0 Å². The number of nitrogens with one attached hydrogen (secondary N) is 1.